The van der Waals surface area contributed by atoms with Crippen LogP contribution in [0.2, 0.25) is 5.02 Å². The fourth-order valence-electron chi connectivity index (χ4n) is 1.84. The third-order valence-electron chi connectivity index (χ3n) is 2.97. The lowest BCUT2D eigenvalue weighted by molar-refractivity contribution is 0.138. The molecule has 2 aromatic rings. The average Bonchev–Trinajstić information content (AvgIpc) is 2.37. The average molecular weight is 355 g/mol. The number of nitrogens with one attached hydrogen (secondary N) is 1. The van der Waals surface area contributed by atoms with E-state index in [2.05, 4.69) is 21.2 Å². The smallest absolute Gasteiger partial charge is 0.169 e. The van der Waals surface area contributed by atoms with Gasteiger partial charge in [-0.05, 0) is 36.4 Å². The molecule has 0 atom stereocenters. The SMILES string of the molecule is Clc1cccc(Oc2ccc(Br)cc2OC2CNC2)c1. The summed E-state index contributed by atoms with van der Waals surface area (Å²) in [7, 11) is 0. The van der Waals surface area contributed by atoms with Gasteiger partial charge in [0.05, 0.1) is 0 Å². The zero-order valence-corrected chi connectivity index (χ0v) is 12.9. The van der Waals surface area contributed by atoms with Gasteiger partial charge in [-0.15, -0.1) is 0 Å². The molecule has 0 aliphatic carbocycles. The second kappa shape index (κ2) is 6.04. The van der Waals surface area contributed by atoms with Crippen molar-refractivity contribution in [1.29, 1.82) is 0 Å². The largest absolute Gasteiger partial charge is 0.484 e. The van der Waals surface area contributed by atoms with Gasteiger partial charge in [-0.2, -0.15) is 0 Å². The van der Waals surface area contributed by atoms with Crippen LogP contribution in [0.1, 0.15) is 0 Å². The second-order valence-corrected chi connectivity index (χ2v) is 5.90. The molecule has 104 valence electrons. The van der Waals surface area contributed by atoms with E-state index in [4.69, 9.17) is 21.1 Å². The molecule has 0 aromatic heterocycles. The standard InChI is InChI=1S/C15H13BrClNO2/c16-10-4-5-14(15(6-10)20-13-8-18-9-13)19-12-3-1-2-11(17)7-12/h1-7,13,18H,8-9H2. The summed E-state index contributed by atoms with van der Waals surface area (Å²) in [5, 5.41) is 3.82. The summed E-state index contributed by atoms with van der Waals surface area (Å²) < 4.78 is 12.7. The number of benzene rings is 2. The van der Waals surface area contributed by atoms with Crippen molar-refractivity contribution in [3.05, 3.63) is 52.0 Å². The normalized spacial score (nSPS) is 14.7. The van der Waals surface area contributed by atoms with Crippen molar-refractivity contribution in [1.82, 2.24) is 5.32 Å². The minimum absolute atomic E-state index is 0.200. The Morgan fingerprint density at radius 2 is 1.95 bits per heavy atom. The Kier molecular flexibility index (Phi) is 4.15. The van der Waals surface area contributed by atoms with Gasteiger partial charge < -0.3 is 14.8 Å². The number of hydrogen-bond acceptors (Lipinski definition) is 3. The van der Waals surface area contributed by atoms with E-state index in [-0.39, 0.29) is 6.10 Å². The van der Waals surface area contributed by atoms with Crippen LogP contribution in [-0.4, -0.2) is 19.2 Å². The molecule has 5 heteroatoms. The van der Waals surface area contributed by atoms with Crippen LogP contribution in [0.15, 0.2) is 46.9 Å². The van der Waals surface area contributed by atoms with Gasteiger partial charge in [-0.25, -0.2) is 0 Å². The molecule has 2 aromatic carbocycles. The van der Waals surface area contributed by atoms with Gasteiger partial charge in [-0.1, -0.05) is 33.6 Å². The second-order valence-electron chi connectivity index (χ2n) is 4.55. The van der Waals surface area contributed by atoms with Crippen LogP contribution in [0.5, 0.6) is 17.2 Å². The maximum Gasteiger partial charge on any atom is 0.169 e. The van der Waals surface area contributed by atoms with E-state index in [9.17, 15) is 0 Å². The molecule has 0 spiro atoms. The summed E-state index contributed by atoms with van der Waals surface area (Å²) in [6.07, 6.45) is 0.200. The minimum atomic E-state index is 0.200. The molecule has 1 aliphatic heterocycles. The topological polar surface area (TPSA) is 30.5 Å². The number of rotatable bonds is 4. The van der Waals surface area contributed by atoms with E-state index in [0.717, 1.165) is 23.3 Å². The molecule has 1 saturated heterocycles. The van der Waals surface area contributed by atoms with Crippen molar-refractivity contribution >= 4 is 27.5 Å². The molecule has 0 unspecified atom stereocenters. The Hall–Kier alpha value is -1.23. The van der Waals surface area contributed by atoms with Crippen molar-refractivity contribution in [2.24, 2.45) is 0 Å². The summed E-state index contributed by atoms with van der Waals surface area (Å²) in [5.74, 6) is 2.10. The first-order chi connectivity index (χ1) is 9.70. The quantitative estimate of drug-likeness (QED) is 0.890. The van der Waals surface area contributed by atoms with Gasteiger partial charge in [0.15, 0.2) is 11.5 Å². The van der Waals surface area contributed by atoms with E-state index >= 15 is 0 Å². The first-order valence-corrected chi connectivity index (χ1v) is 7.48. The lowest BCUT2D eigenvalue weighted by atomic mass is 10.2. The van der Waals surface area contributed by atoms with E-state index in [1.165, 1.54) is 0 Å². The van der Waals surface area contributed by atoms with Gasteiger partial charge in [0.25, 0.3) is 0 Å². The third kappa shape index (κ3) is 3.26. The number of ether oxygens (including phenoxy) is 2. The van der Waals surface area contributed by atoms with Gasteiger partial charge in [-0.3, -0.25) is 0 Å². The highest BCUT2D eigenvalue weighted by molar-refractivity contribution is 9.10. The molecule has 3 rings (SSSR count). The maximum atomic E-state index is 5.96. The van der Waals surface area contributed by atoms with E-state index in [1.807, 2.05) is 36.4 Å². The van der Waals surface area contributed by atoms with Crippen molar-refractivity contribution in [2.75, 3.05) is 13.1 Å². The highest BCUT2D eigenvalue weighted by Crippen LogP contribution is 2.35. The molecule has 1 heterocycles. The molecule has 0 amide bonds. The predicted octanol–water partition coefficient (Wildman–Crippen LogP) is 4.25. The van der Waals surface area contributed by atoms with Crippen molar-refractivity contribution < 1.29 is 9.47 Å². The van der Waals surface area contributed by atoms with Crippen LogP contribution in [0.4, 0.5) is 0 Å². The van der Waals surface area contributed by atoms with Crippen LogP contribution >= 0.6 is 27.5 Å². The molecule has 0 radical (unpaired) electrons. The number of hydrogen-bond donors (Lipinski definition) is 1. The van der Waals surface area contributed by atoms with Crippen LogP contribution in [0.3, 0.4) is 0 Å². The summed E-state index contributed by atoms with van der Waals surface area (Å²) in [5.41, 5.74) is 0. The third-order valence-corrected chi connectivity index (χ3v) is 3.70. The molecule has 1 N–H and O–H groups in total. The lowest BCUT2D eigenvalue weighted by Gasteiger charge is -2.28. The van der Waals surface area contributed by atoms with E-state index in [0.29, 0.717) is 16.5 Å². The highest BCUT2D eigenvalue weighted by atomic mass is 79.9. The van der Waals surface area contributed by atoms with Crippen molar-refractivity contribution in [3.8, 4) is 17.2 Å². The highest BCUT2D eigenvalue weighted by Gasteiger charge is 2.20. The number of halogens is 2. The van der Waals surface area contributed by atoms with E-state index < -0.39 is 0 Å². The summed E-state index contributed by atoms with van der Waals surface area (Å²) >= 11 is 9.42. The van der Waals surface area contributed by atoms with Gasteiger partial charge >= 0.3 is 0 Å². The first-order valence-electron chi connectivity index (χ1n) is 6.31. The Labute approximate surface area is 131 Å². The monoisotopic (exact) mass is 353 g/mol. The molecular weight excluding hydrogens is 342 g/mol. The fraction of sp³-hybridized carbons (Fsp3) is 0.200. The Morgan fingerprint density at radius 3 is 2.65 bits per heavy atom. The predicted molar refractivity (Wildman–Crippen MR) is 83.0 cm³/mol. The van der Waals surface area contributed by atoms with Crippen molar-refractivity contribution in [2.45, 2.75) is 6.10 Å². The van der Waals surface area contributed by atoms with Crippen LogP contribution < -0.4 is 14.8 Å². The Balaban J connectivity index is 1.83. The molecule has 20 heavy (non-hydrogen) atoms. The Bertz CT molecular complexity index is 617. The zero-order chi connectivity index (χ0) is 13.9. The fourth-order valence-corrected chi connectivity index (χ4v) is 2.36. The summed E-state index contributed by atoms with van der Waals surface area (Å²) in [6.45, 7) is 1.73. The summed E-state index contributed by atoms with van der Waals surface area (Å²) in [6, 6.07) is 13.0. The molecule has 0 saturated carbocycles. The molecule has 1 fully saturated rings. The van der Waals surface area contributed by atoms with Crippen LogP contribution in [0, 0.1) is 0 Å². The lowest BCUT2D eigenvalue weighted by Crippen LogP contribution is -2.50. The molecule has 0 bridgehead atoms. The van der Waals surface area contributed by atoms with Crippen LogP contribution in [0.25, 0.3) is 0 Å². The van der Waals surface area contributed by atoms with Gasteiger partial charge in [0.1, 0.15) is 11.9 Å². The maximum absolute atomic E-state index is 5.96. The first kappa shape index (κ1) is 13.7. The Morgan fingerprint density at radius 1 is 1.10 bits per heavy atom. The molecular formula is C15H13BrClNO2. The van der Waals surface area contributed by atoms with E-state index in [1.54, 1.807) is 6.07 Å². The zero-order valence-electron chi connectivity index (χ0n) is 10.6. The molecule has 1 aliphatic rings. The van der Waals surface area contributed by atoms with Crippen LogP contribution in [-0.2, 0) is 0 Å². The van der Waals surface area contributed by atoms with Gasteiger partial charge in [0, 0.05) is 22.6 Å². The van der Waals surface area contributed by atoms with Gasteiger partial charge in [0.2, 0.25) is 0 Å². The molecule has 3 nitrogen and oxygen atoms in total. The summed E-state index contributed by atoms with van der Waals surface area (Å²) in [4.78, 5) is 0. The van der Waals surface area contributed by atoms with Crippen molar-refractivity contribution in [3.63, 3.8) is 0 Å². The minimum Gasteiger partial charge on any atom is -0.484 e.